The molecule has 0 radical (unpaired) electrons. The summed E-state index contributed by atoms with van der Waals surface area (Å²) in [6, 6.07) is 6.64. The predicted molar refractivity (Wildman–Crippen MR) is 97.4 cm³/mol. The molecule has 2 heterocycles. The van der Waals surface area contributed by atoms with Crippen LogP contribution in [0.25, 0.3) is 0 Å². The van der Waals surface area contributed by atoms with E-state index < -0.39 is 24.2 Å². The van der Waals surface area contributed by atoms with E-state index in [0.717, 1.165) is 18.4 Å². The molecule has 2 fully saturated rings. The van der Waals surface area contributed by atoms with Gasteiger partial charge < -0.3 is 15.5 Å². The summed E-state index contributed by atoms with van der Waals surface area (Å²) >= 11 is 0. The quantitative estimate of drug-likeness (QED) is 0.755. The molecule has 0 aromatic heterocycles. The fourth-order valence-corrected chi connectivity index (χ4v) is 3.58. The van der Waals surface area contributed by atoms with Gasteiger partial charge in [0, 0.05) is 6.54 Å². The molecule has 5 amide bonds. The Bertz CT molecular complexity index is 701. The molecule has 2 saturated heterocycles. The number of carbonyl (C=O) groups excluding carboxylic acids is 3. The largest absolute Gasteiger partial charge is 0.330 e. The molecule has 2 aliphatic rings. The van der Waals surface area contributed by atoms with E-state index in [1.54, 1.807) is 4.90 Å². The molecule has 0 bridgehead atoms. The number of unbranched alkanes of at least 4 members (excludes halogenated alkanes) is 1. The third-order valence-corrected chi connectivity index (χ3v) is 5.11. The highest BCUT2D eigenvalue weighted by atomic mass is 16.2. The summed E-state index contributed by atoms with van der Waals surface area (Å²) in [5.74, 6) is -0.537. The number of rotatable bonds is 5. The predicted octanol–water partition coefficient (Wildman–Crippen LogP) is 2.46. The number of nitrogens with zero attached hydrogens (tertiary/aromatic N) is 1. The van der Waals surface area contributed by atoms with Crippen LogP contribution >= 0.6 is 0 Å². The van der Waals surface area contributed by atoms with Crippen LogP contribution in [0.5, 0.6) is 0 Å². The number of urea groups is 2. The number of imide groups is 1. The molecule has 3 atom stereocenters. The molecule has 1 aromatic rings. The normalized spacial score (nSPS) is 25.5. The Morgan fingerprint density at radius 2 is 1.77 bits per heavy atom. The smallest absolute Gasteiger partial charge is 0.325 e. The number of benzene rings is 1. The van der Waals surface area contributed by atoms with Crippen molar-refractivity contribution in [3.63, 3.8) is 0 Å². The maximum atomic E-state index is 12.6. The molecule has 0 spiro atoms. The maximum absolute atomic E-state index is 12.6. The third kappa shape index (κ3) is 3.38. The Labute approximate surface area is 153 Å². The molecule has 3 rings (SSSR count). The first-order chi connectivity index (χ1) is 12.4. The Morgan fingerprint density at radius 1 is 1.08 bits per heavy atom. The first-order valence-corrected chi connectivity index (χ1v) is 9.20. The van der Waals surface area contributed by atoms with Crippen LogP contribution in [0.15, 0.2) is 24.3 Å². The highest BCUT2D eigenvalue weighted by molar-refractivity contribution is 6.00. The van der Waals surface area contributed by atoms with Gasteiger partial charge in [-0.25, -0.2) is 9.59 Å². The first-order valence-electron chi connectivity index (χ1n) is 9.20. The van der Waals surface area contributed by atoms with E-state index >= 15 is 0 Å². The van der Waals surface area contributed by atoms with Crippen LogP contribution in [0.3, 0.4) is 0 Å². The Hall–Kier alpha value is -2.57. The molecule has 3 N–H and O–H groups in total. The lowest BCUT2D eigenvalue weighted by Crippen LogP contribution is -2.72. The van der Waals surface area contributed by atoms with Crippen LogP contribution in [0.4, 0.5) is 9.59 Å². The number of hydrogen-bond donors (Lipinski definition) is 3. The van der Waals surface area contributed by atoms with E-state index in [2.05, 4.69) is 29.8 Å². The Balaban J connectivity index is 1.92. The van der Waals surface area contributed by atoms with Crippen molar-refractivity contribution < 1.29 is 14.4 Å². The molecule has 0 aliphatic carbocycles. The molecule has 2 aliphatic heterocycles. The van der Waals surface area contributed by atoms with Crippen LogP contribution in [0.2, 0.25) is 0 Å². The molecular formula is C19H26N4O3. The van der Waals surface area contributed by atoms with Gasteiger partial charge >= 0.3 is 12.1 Å². The number of carbonyl (C=O) groups is 3. The monoisotopic (exact) mass is 358 g/mol. The number of nitrogens with one attached hydrogen (secondary N) is 3. The van der Waals surface area contributed by atoms with Gasteiger partial charge in [-0.2, -0.15) is 0 Å². The van der Waals surface area contributed by atoms with E-state index in [-0.39, 0.29) is 11.9 Å². The van der Waals surface area contributed by atoms with Gasteiger partial charge in [-0.3, -0.25) is 10.1 Å². The van der Waals surface area contributed by atoms with E-state index in [1.807, 2.05) is 31.2 Å². The zero-order chi connectivity index (χ0) is 18.8. The molecular weight excluding hydrogens is 332 g/mol. The fraction of sp³-hybridized carbons (Fsp3) is 0.526. The minimum absolute atomic E-state index is 0.363. The second-order valence-electron chi connectivity index (χ2n) is 7.23. The standard InChI is InChI=1S/C19H26N4O3/c1-4-5-10-23-16-14(17(24)22-19(23)26)15(20-18(25)21-16)13-8-6-12(7-9-13)11(2)3/h6-9,11,14-16H,4-5,10H2,1-3H3,(H2,20,21,25)(H,22,24,26). The fourth-order valence-electron chi connectivity index (χ4n) is 3.58. The lowest BCUT2D eigenvalue weighted by molar-refractivity contribution is -0.130. The topological polar surface area (TPSA) is 90.5 Å². The van der Waals surface area contributed by atoms with Crippen LogP contribution in [0.1, 0.15) is 56.7 Å². The molecule has 3 unspecified atom stereocenters. The van der Waals surface area contributed by atoms with E-state index in [9.17, 15) is 14.4 Å². The summed E-state index contributed by atoms with van der Waals surface area (Å²) in [6.45, 7) is 6.76. The van der Waals surface area contributed by atoms with Crippen molar-refractivity contribution in [1.29, 1.82) is 0 Å². The number of hydrogen-bond acceptors (Lipinski definition) is 3. The van der Waals surface area contributed by atoms with Crippen molar-refractivity contribution in [2.75, 3.05) is 6.54 Å². The first kappa shape index (κ1) is 18.2. The average Bonchev–Trinajstić information content (AvgIpc) is 2.60. The van der Waals surface area contributed by atoms with Gasteiger partial charge in [0.25, 0.3) is 0 Å². The zero-order valence-corrected chi connectivity index (χ0v) is 15.4. The van der Waals surface area contributed by atoms with Gasteiger partial charge in [-0.1, -0.05) is 51.5 Å². The van der Waals surface area contributed by atoms with Gasteiger partial charge in [0.2, 0.25) is 5.91 Å². The summed E-state index contributed by atoms with van der Waals surface area (Å²) in [4.78, 5) is 38.6. The van der Waals surface area contributed by atoms with Gasteiger partial charge in [-0.05, 0) is 23.5 Å². The summed E-state index contributed by atoms with van der Waals surface area (Å²) < 4.78 is 0. The van der Waals surface area contributed by atoms with Crippen LogP contribution in [0, 0.1) is 5.92 Å². The third-order valence-electron chi connectivity index (χ3n) is 5.11. The van der Waals surface area contributed by atoms with Gasteiger partial charge in [0.1, 0.15) is 12.1 Å². The summed E-state index contributed by atoms with van der Waals surface area (Å²) in [6.07, 6.45) is 1.09. The Kier molecular flexibility index (Phi) is 5.15. The van der Waals surface area contributed by atoms with Crippen molar-refractivity contribution >= 4 is 18.0 Å². The van der Waals surface area contributed by atoms with E-state index in [0.29, 0.717) is 12.5 Å². The highest BCUT2D eigenvalue weighted by Gasteiger charge is 2.49. The van der Waals surface area contributed by atoms with Crippen molar-refractivity contribution in [2.45, 2.75) is 51.7 Å². The minimum Gasteiger partial charge on any atom is -0.330 e. The molecule has 7 nitrogen and oxygen atoms in total. The van der Waals surface area contributed by atoms with E-state index in [4.69, 9.17) is 0 Å². The molecule has 26 heavy (non-hydrogen) atoms. The number of amides is 5. The highest BCUT2D eigenvalue weighted by Crippen LogP contribution is 2.32. The summed E-state index contributed by atoms with van der Waals surface area (Å²) in [5.41, 5.74) is 2.05. The van der Waals surface area contributed by atoms with Crippen molar-refractivity contribution in [1.82, 2.24) is 20.9 Å². The van der Waals surface area contributed by atoms with Crippen LogP contribution in [-0.4, -0.2) is 35.6 Å². The van der Waals surface area contributed by atoms with Crippen molar-refractivity contribution in [3.8, 4) is 0 Å². The lowest BCUT2D eigenvalue weighted by atomic mass is 9.85. The second-order valence-corrected chi connectivity index (χ2v) is 7.23. The summed E-state index contributed by atoms with van der Waals surface area (Å²) in [5, 5.41) is 8.05. The summed E-state index contributed by atoms with van der Waals surface area (Å²) in [7, 11) is 0. The number of fused-ring (bicyclic) bond motifs is 1. The van der Waals surface area contributed by atoms with Crippen LogP contribution in [-0.2, 0) is 4.79 Å². The van der Waals surface area contributed by atoms with Gasteiger partial charge in [-0.15, -0.1) is 0 Å². The SMILES string of the molecule is CCCCN1C(=O)NC(=O)C2C(c3ccc(C(C)C)cc3)NC(=O)NC21. The molecule has 140 valence electrons. The van der Waals surface area contributed by atoms with Crippen molar-refractivity contribution in [2.24, 2.45) is 5.92 Å². The van der Waals surface area contributed by atoms with E-state index in [1.165, 1.54) is 5.56 Å². The molecule has 0 saturated carbocycles. The van der Waals surface area contributed by atoms with Crippen molar-refractivity contribution in [3.05, 3.63) is 35.4 Å². The molecule has 1 aromatic carbocycles. The van der Waals surface area contributed by atoms with Gasteiger partial charge in [0.15, 0.2) is 0 Å². The minimum atomic E-state index is -0.633. The zero-order valence-electron chi connectivity index (χ0n) is 15.4. The van der Waals surface area contributed by atoms with Crippen LogP contribution < -0.4 is 16.0 Å². The lowest BCUT2D eigenvalue weighted by Gasteiger charge is -2.46. The maximum Gasteiger partial charge on any atom is 0.325 e. The van der Waals surface area contributed by atoms with Gasteiger partial charge in [0.05, 0.1) is 6.04 Å². The molecule has 7 heteroatoms. The average molecular weight is 358 g/mol. The second kappa shape index (κ2) is 7.35. The Morgan fingerprint density at radius 3 is 2.38 bits per heavy atom.